The third-order valence-corrected chi connectivity index (χ3v) is 5.58. The number of amides is 1. The van der Waals surface area contributed by atoms with Crippen molar-refractivity contribution in [2.75, 3.05) is 4.90 Å². The van der Waals surface area contributed by atoms with Gasteiger partial charge in [-0.2, -0.15) is 0 Å². The molecule has 1 heterocycles. The summed E-state index contributed by atoms with van der Waals surface area (Å²) in [6.45, 7) is 1.89. The van der Waals surface area contributed by atoms with Crippen molar-refractivity contribution in [2.24, 2.45) is 0 Å². The van der Waals surface area contributed by atoms with E-state index in [-0.39, 0.29) is 22.6 Å². The fourth-order valence-electron chi connectivity index (χ4n) is 3.72. The third-order valence-electron chi connectivity index (χ3n) is 5.33. The van der Waals surface area contributed by atoms with Gasteiger partial charge in [-0.15, -0.1) is 0 Å². The number of ketones is 1. The molecule has 0 saturated carbocycles. The number of hydrogen-bond donors (Lipinski definition) is 2. The van der Waals surface area contributed by atoms with E-state index in [1.807, 2.05) is 6.92 Å². The van der Waals surface area contributed by atoms with E-state index in [1.165, 1.54) is 23.1 Å². The van der Waals surface area contributed by atoms with Crippen molar-refractivity contribution in [3.63, 3.8) is 0 Å². The molecule has 0 radical (unpaired) electrons. The van der Waals surface area contributed by atoms with Gasteiger partial charge in [0.2, 0.25) is 0 Å². The number of carboxylic acids is 1. The predicted molar refractivity (Wildman–Crippen MR) is 121 cm³/mol. The smallest absolute Gasteiger partial charge is 0.335 e. The lowest BCUT2D eigenvalue weighted by Gasteiger charge is -2.25. The number of hydrogen-bond acceptors (Lipinski definition) is 4. The van der Waals surface area contributed by atoms with Crippen LogP contribution in [0.4, 0.5) is 5.69 Å². The van der Waals surface area contributed by atoms with E-state index in [9.17, 15) is 24.6 Å². The largest absolute Gasteiger partial charge is 0.507 e. The van der Waals surface area contributed by atoms with Crippen LogP contribution >= 0.6 is 11.6 Å². The van der Waals surface area contributed by atoms with Gasteiger partial charge in [0.1, 0.15) is 5.76 Å². The Labute approximate surface area is 189 Å². The number of rotatable bonds is 4. The van der Waals surface area contributed by atoms with E-state index in [1.54, 1.807) is 54.6 Å². The first-order chi connectivity index (χ1) is 15.3. The van der Waals surface area contributed by atoms with Gasteiger partial charge < -0.3 is 10.2 Å². The topological polar surface area (TPSA) is 94.9 Å². The van der Waals surface area contributed by atoms with Crippen molar-refractivity contribution < 1.29 is 24.6 Å². The van der Waals surface area contributed by atoms with Crippen LogP contribution in [-0.2, 0) is 9.59 Å². The van der Waals surface area contributed by atoms with Crippen LogP contribution in [0.25, 0.3) is 5.76 Å². The Hall–Kier alpha value is -3.90. The number of halogens is 1. The summed E-state index contributed by atoms with van der Waals surface area (Å²) in [5.74, 6) is -3.18. The summed E-state index contributed by atoms with van der Waals surface area (Å²) in [5, 5.41) is 20.9. The second-order valence-corrected chi connectivity index (χ2v) is 7.88. The number of aryl methyl sites for hydroxylation is 1. The maximum Gasteiger partial charge on any atom is 0.335 e. The highest BCUT2D eigenvalue weighted by molar-refractivity contribution is 6.51. The van der Waals surface area contributed by atoms with Gasteiger partial charge in [0.05, 0.1) is 17.2 Å². The number of nitrogens with zero attached hydrogens (tertiary/aromatic N) is 1. The molecule has 3 aromatic rings. The Morgan fingerprint density at radius 1 is 0.906 bits per heavy atom. The number of aromatic carboxylic acids is 1. The highest BCUT2D eigenvalue weighted by Crippen LogP contribution is 2.42. The molecule has 6 nitrogen and oxygen atoms in total. The van der Waals surface area contributed by atoms with Gasteiger partial charge in [-0.1, -0.05) is 59.6 Å². The van der Waals surface area contributed by atoms with Crippen LogP contribution in [0.3, 0.4) is 0 Å². The number of carbonyl (C=O) groups excluding carboxylic acids is 2. The fraction of sp³-hybridized carbons (Fsp3) is 0.0800. The lowest BCUT2D eigenvalue weighted by atomic mass is 9.95. The minimum atomic E-state index is -1.16. The summed E-state index contributed by atoms with van der Waals surface area (Å²) in [6.07, 6.45) is 0. The number of carboxylic acid groups (broad SMARTS) is 1. The normalized spacial score (nSPS) is 17.6. The number of aliphatic hydroxyl groups is 1. The summed E-state index contributed by atoms with van der Waals surface area (Å²) < 4.78 is 0. The zero-order valence-corrected chi connectivity index (χ0v) is 17.7. The highest BCUT2D eigenvalue weighted by Gasteiger charge is 2.47. The molecule has 0 spiro atoms. The van der Waals surface area contributed by atoms with Gasteiger partial charge >= 0.3 is 5.97 Å². The fourth-order valence-corrected chi connectivity index (χ4v) is 3.84. The van der Waals surface area contributed by atoms with Gasteiger partial charge in [-0.05, 0) is 42.8 Å². The molecule has 1 saturated heterocycles. The number of aliphatic hydroxyl groups excluding tert-OH is 1. The molecule has 1 atom stereocenters. The van der Waals surface area contributed by atoms with E-state index in [0.717, 1.165) is 5.56 Å². The van der Waals surface area contributed by atoms with Gasteiger partial charge in [-0.3, -0.25) is 14.5 Å². The molecule has 2 N–H and O–H groups in total. The summed E-state index contributed by atoms with van der Waals surface area (Å²) in [4.78, 5) is 38.8. The van der Waals surface area contributed by atoms with Crippen molar-refractivity contribution in [3.05, 3.63) is 106 Å². The maximum atomic E-state index is 13.1. The van der Waals surface area contributed by atoms with Gasteiger partial charge in [0.25, 0.3) is 11.7 Å². The maximum absolute atomic E-state index is 13.1. The second-order valence-electron chi connectivity index (χ2n) is 7.44. The van der Waals surface area contributed by atoms with Crippen LogP contribution in [0.15, 0.2) is 78.4 Å². The standard InChI is InChI=1S/C25H18ClNO5/c1-14-5-7-16(8-6-14)22(28)20-21(15-9-11-18(26)12-10-15)27(24(30)23(20)29)19-4-2-3-17(13-19)25(31)32/h2-13,21,28H,1H3,(H,31,32). The van der Waals surface area contributed by atoms with E-state index in [4.69, 9.17) is 11.6 Å². The van der Waals surface area contributed by atoms with Crippen LogP contribution < -0.4 is 4.90 Å². The Bertz CT molecular complexity index is 1260. The lowest BCUT2D eigenvalue weighted by Crippen LogP contribution is -2.29. The molecule has 4 rings (SSSR count). The van der Waals surface area contributed by atoms with Gasteiger partial charge in [-0.25, -0.2) is 4.79 Å². The Morgan fingerprint density at radius 2 is 1.56 bits per heavy atom. The molecule has 1 aliphatic heterocycles. The number of anilines is 1. The van der Waals surface area contributed by atoms with Crippen LogP contribution in [-0.4, -0.2) is 27.9 Å². The Balaban J connectivity index is 1.94. The number of Topliss-reactive ketones (excluding diaryl/α,β-unsaturated/α-hetero) is 1. The Morgan fingerprint density at radius 3 is 2.19 bits per heavy atom. The van der Waals surface area contributed by atoms with E-state index in [0.29, 0.717) is 16.1 Å². The molecule has 1 aliphatic rings. The van der Waals surface area contributed by atoms with Crippen LogP contribution in [0.5, 0.6) is 0 Å². The van der Waals surface area contributed by atoms with Crippen molar-refractivity contribution in [3.8, 4) is 0 Å². The monoisotopic (exact) mass is 447 g/mol. The summed E-state index contributed by atoms with van der Waals surface area (Å²) in [6, 6.07) is 18.3. The number of carbonyl (C=O) groups is 3. The van der Waals surface area contributed by atoms with Crippen molar-refractivity contribution in [1.82, 2.24) is 0 Å². The van der Waals surface area contributed by atoms with Crippen LogP contribution in [0.2, 0.25) is 5.02 Å². The molecule has 160 valence electrons. The van der Waals surface area contributed by atoms with E-state index in [2.05, 4.69) is 0 Å². The molecule has 1 unspecified atom stereocenters. The molecule has 3 aromatic carbocycles. The minimum Gasteiger partial charge on any atom is -0.507 e. The SMILES string of the molecule is Cc1ccc(C(O)=C2C(=O)C(=O)N(c3cccc(C(=O)O)c3)C2c2ccc(Cl)cc2)cc1. The average Bonchev–Trinajstić information content (AvgIpc) is 3.05. The summed E-state index contributed by atoms with van der Waals surface area (Å²) >= 11 is 6.02. The lowest BCUT2D eigenvalue weighted by molar-refractivity contribution is -0.132. The zero-order chi connectivity index (χ0) is 23.0. The zero-order valence-electron chi connectivity index (χ0n) is 16.9. The molecule has 0 bridgehead atoms. The van der Waals surface area contributed by atoms with Crippen LogP contribution in [0.1, 0.15) is 33.1 Å². The quantitative estimate of drug-likeness (QED) is 0.334. The third kappa shape index (κ3) is 3.76. The minimum absolute atomic E-state index is 0.0298. The first-order valence-corrected chi connectivity index (χ1v) is 10.1. The van der Waals surface area contributed by atoms with E-state index < -0.39 is 23.7 Å². The average molecular weight is 448 g/mol. The molecule has 0 aliphatic carbocycles. The molecular weight excluding hydrogens is 430 g/mol. The number of benzene rings is 3. The second kappa shape index (κ2) is 8.32. The first kappa shape index (κ1) is 21.3. The van der Waals surface area contributed by atoms with Crippen LogP contribution in [0, 0.1) is 6.92 Å². The molecule has 7 heteroatoms. The van der Waals surface area contributed by atoms with Gasteiger partial charge in [0, 0.05) is 16.3 Å². The predicted octanol–water partition coefficient (Wildman–Crippen LogP) is 4.97. The Kier molecular flexibility index (Phi) is 5.55. The van der Waals surface area contributed by atoms with E-state index >= 15 is 0 Å². The molecule has 0 aromatic heterocycles. The van der Waals surface area contributed by atoms with Crippen molar-refractivity contribution in [1.29, 1.82) is 0 Å². The molecule has 1 amide bonds. The first-order valence-electron chi connectivity index (χ1n) is 9.75. The van der Waals surface area contributed by atoms with Crippen molar-refractivity contribution >= 4 is 40.7 Å². The molecule has 32 heavy (non-hydrogen) atoms. The van der Waals surface area contributed by atoms with Gasteiger partial charge in [0.15, 0.2) is 0 Å². The summed E-state index contributed by atoms with van der Waals surface area (Å²) in [5.41, 5.74) is 2.03. The molecular formula is C25H18ClNO5. The van der Waals surface area contributed by atoms with Crippen molar-refractivity contribution in [2.45, 2.75) is 13.0 Å². The highest BCUT2D eigenvalue weighted by atomic mass is 35.5. The molecule has 1 fully saturated rings. The summed E-state index contributed by atoms with van der Waals surface area (Å²) in [7, 11) is 0.